The van der Waals surface area contributed by atoms with Crippen LogP contribution in [-0.2, 0) is 4.74 Å². The average Bonchev–Trinajstić information content (AvgIpc) is 2.65. The Kier molecular flexibility index (Phi) is 6.88. The quantitative estimate of drug-likeness (QED) is 0.377. The number of aliphatic hydroxyl groups excluding tert-OH is 1. The number of nitrogens with zero attached hydrogens (tertiary/aromatic N) is 2. The van der Waals surface area contributed by atoms with Gasteiger partial charge >= 0.3 is 11.9 Å². The molecule has 2 N–H and O–H groups in total. The predicted octanol–water partition coefficient (Wildman–Crippen LogP) is 3.68. The van der Waals surface area contributed by atoms with Crippen molar-refractivity contribution in [3.8, 4) is 11.1 Å². The highest BCUT2D eigenvalue weighted by molar-refractivity contribution is 6.06. The lowest BCUT2D eigenvalue weighted by Crippen LogP contribution is -2.29. The van der Waals surface area contributed by atoms with Crippen LogP contribution in [-0.4, -0.2) is 44.3 Å². The number of nitro groups is 1. The number of rotatable bonds is 8. The number of carbonyl (C=O) groups excluding carboxylic acids is 1. The van der Waals surface area contributed by atoms with Gasteiger partial charge in [-0.1, -0.05) is 12.1 Å². The first kappa shape index (κ1) is 23.0. The monoisotopic (exact) mass is 416 g/mol. The summed E-state index contributed by atoms with van der Waals surface area (Å²) in [5, 5.41) is 30.0. The van der Waals surface area contributed by atoms with Gasteiger partial charge in [-0.05, 0) is 46.1 Å². The van der Waals surface area contributed by atoms with Crippen LogP contribution < -0.4 is 0 Å². The summed E-state index contributed by atoms with van der Waals surface area (Å²) < 4.78 is 5.60. The van der Waals surface area contributed by atoms with Crippen molar-refractivity contribution in [1.29, 1.82) is 0 Å². The lowest BCUT2D eigenvalue weighted by Gasteiger charge is -2.26. The lowest BCUT2D eigenvalue weighted by atomic mass is 9.92. The minimum absolute atomic E-state index is 0.0270. The minimum Gasteiger partial charge on any atom is -0.478 e. The van der Waals surface area contributed by atoms with E-state index in [1.54, 1.807) is 20.8 Å². The van der Waals surface area contributed by atoms with E-state index in [0.717, 1.165) is 0 Å². The Hall–Kier alpha value is -3.33. The van der Waals surface area contributed by atoms with Crippen molar-refractivity contribution in [2.45, 2.75) is 46.1 Å². The first-order valence-electron chi connectivity index (χ1n) is 9.32. The molecule has 9 nitrogen and oxygen atoms in total. The molecule has 0 aliphatic heterocycles. The molecule has 0 radical (unpaired) electrons. The van der Waals surface area contributed by atoms with E-state index in [2.05, 4.69) is 4.98 Å². The lowest BCUT2D eigenvalue weighted by molar-refractivity contribution is -0.384. The molecule has 0 aliphatic rings. The Morgan fingerprint density at radius 3 is 2.40 bits per heavy atom. The number of aliphatic hydroxyl groups is 1. The topological polar surface area (TPSA) is 140 Å². The van der Waals surface area contributed by atoms with Gasteiger partial charge in [-0.25, -0.2) is 9.59 Å². The second-order valence-corrected chi connectivity index (χ2v) is 7.50. The fourth-order valence-electron chi connectivity index (χ4n) is 3.28. The molecule has 30 heavy (non-hydrogen) atoms. The van der Waals surface area contributed by atoms with Crippen LogP contribution in [0.4, 0.5) is 5.69 Å². The summed E-state index contributed by atoms with van der Waals surface area (Å²) in [4.78, 5) is 39.9. The van der Waals surface area contributed by atoms with Crippen LogP contribution in [0.3, 0.4) is 0 Å². The molecule has 9 heteroatoms. The number of non-ortho nitro benzene ring substituents is 1. The highest BCUT2D eigenvalue weighted by Gasteiger charge is 2.31. The SMILES string of the molecule is Cc1nc(C)c(C(=O)OC(C)(C)CCCO)c(-c2cccc([N+](=O)[O-])c2)c1C(=O)O. The number of carboxylic acids is 1. The van der Waals surface area contributed by atoms with E-state index in [0.29, 0.717) is 12.8 Å². The van der Waals surface area contributed by atoms with Crippen LogP contribution in [0.5, 0.6) is 0 Å². The Balaban J connectivity index is 2.73. The van der Waals surface area contributed by atoms with E-state index in [1.165, 1.54) is 31.2 Å². The molecule has 1 aromatic heterocycles. The highest BCUT2D eigenvalue weighted by atomic mass is 16.6. The number of esters is 1. The number of aryl methyl sites for hydroxylation is 2. The number of carbonyl (C=O) groups is 2. The summed E-state index contributed by atoms with van der Waals surface area (Å²) >= 11 is 0. The van der Waals surface area contributed by atoms with E-state index in [1.807, 2.05) is 0 Å². The molecule has 0 saturated carbocycles. The van der Waals surface area contributed by atoms with Gasteiger partial charge in [0.05, 0.1) is 27.4 Å². The summed E-state index contributed by atoms with van der Waals surface area (Å²) in [6.45, 7) is 6.36. The standard InChI is InChI=1S/C21H24N2O7/c1-12-16(19(25)26)18(14-7-5-8-15(11-14)23(28)29)17(13(2)22-12)20(27)30-21(3,4)9-6-10-24/h5,7-8,11,24H,6,9-10H2,1-4H3,(H,25,26). The molecule has 0 saturated heterocycles. The van der Waals surface area contributed by atoms with Gasteiger partial charge in [-0.15, -0.1) is 0 Å². The van der Waals surface area contributed by atoms with E-state index in [9.17, 15) is 24.8 Å². The number of ether oxygens (including phenoxy) is 1. The number of benzene rings is 1. The number of hydrogen-bond donors (Lipinski definition) is 2. The number of carboxylic acid groups (broad SMARTS) is 1. The molecular weight excluding hydrogens is 392 g/mol. The normalized spacial score (nSPS) is 11.2. The van der Waals surface area contributed by atoms with Crippen LogP contribution in [0.2, 0.25) is 0 Å². The van der Waals surface area contributed by atoms with Gasteiger partial charge in [0.2, 0.25) is 0 Å². The Morgan fingerprint density at radius 1 is 1.20 bits per heavy atom. The predicted molar refractivity (Wildman–Crippen MR) is 109 cm³/mol. The van der Waals surface area contributed by atoms with Gasteiger partial charge in [-0.3, -0.25) is 15.1 Å². The maximum absolute atomic E-state index is 13.1. The summed E-state index contributed by atoms with van der Waals surface area (Å²) in [5.41, 5.74) is -0.773. The second-order valence-electron chi connectivity index (χ2n) is 7.50. The third-order valence-corrected chi connectivity index (χ3v) is 4.63. The molecule has 1 heterocycles. The van der Waals surface area contributed by atoms with Gasteiger partial charge in [0, 0.05) is 24.3 Å². The van der Waals surface area contributed by atoms with Gasteiger partial charge in [0.1, 0.15) is 5.60 Å². The van der Waals surface area contributed by atoms with E-state index < -0.39 is 22.5 Å². The molecule has 0 atom stereocenters. The fourth-order valence-corrected chi connectivity index (χ4v) is 3.28. The molecule has 0 fully saturated rings. The Labute approximate surface area is 173 Å². The molecule has 0 bridgehead atoms. The first-order valence-corrected chi connectivity index (χ1v) is 9.32. The van der Waals surface area contributed by atoms with Crippen LogP contribution in [0.1, 0.15) is 58.8 Å². The van der Waals surface area contributed by atoms with Crippen LogP contribution >= 0.6 is 0 Å². The fraction of sp³-hybridized carbons (Fsp3) is 0.381. The molecule has 1 aromatic carbocycles. The molecule has 2 aromatic rings. The number of nitro benzene ring substituents is 1. The van der Waals surface area contributed by atoms with Gasteiger partial charge in [0.25, 0.3) is 5.69 Å². The van der Waals surface area contributed by atoms with Crippen LogP contribution in [0.15, 0.2) is 24.3 Å². The number of aromatic carboxylic acids is 1. The largest absolute Gasteiger partial charge is 0.478 e. The van der Waals surface area contributed by atoms with Gasteiger partial charge < -0.3 is 14.9 Å². The maximum atomic E-state index is 13.1. The van der Waals surface area contributed by atoms with Crippen LogP contribution in [0, 0.1) is 24.0 Å². The van der Waals surface area contributed by atoms with Crippen molar-refractivity contribution >= 4 is 17.6 Å². The number of pyridine rings is 1. The van der Waals surface area contributed by atoms with Crippen molar-refractivity contribution < 1.29 is 29.5 Å². The van der Waals surface area contributed by atoms with Crippen LogP contribution in [0.25, 0.3) is 11.1 Å². The van der Waals surface area contributed by atoms with Crippen molar-refractivity contribution in [1.82, 2.24) is 4.98 Å². The van der Waals surface area contributed by atoms with E-state index in [-0.39, 0.29) is 45.9 Å². The Morgan fingerprint density at radius 2 is 1.83 bits per heavy atom. The summed E-state index contributed by atoms with van der Waals surface area (Å²) in [7, 11) is 0. The zero-order valence-electron chi connectivity index (χ0n) is 17.3. The molecule has 0 unspecified atom stereocenters. The summed E-state index contributed by atoms with van der Waals surface area (Å²) in [6.07, 6.45) is 0.815. The Bertz CT molecular complexity index is 999. The first-order chi connectivity index (χ1) is 14.0. The number of hydrogen-bond acceptors (Lipinski definition) is 7. The molecule has 0 amide bonds. The summed E-state index contributed by atoms with van der Waals surface area (Å²) in [6, 6.07) is 5.42. The third-order valence-electron chi connectivity index (χ3n) is 4.63. The maximum Gasteiger partial charge on any atom is 0.341 e. The van der Waals surface area contributed by atoms with Crippen molar-refractivity contribution in [2.75, 3.05) is 6.61 Å². The molecule has 2 rings (SSSR count). The summed E-state index contributed by atoms with van der Waals surface area (Å²) in [5.74, 6) is -2.10. The molecular formula is C21H24N2O7. The highest BCUT2D eigenvalue weighted by Crippen LogP contribution is 2.34. The van der Waals surface area contributed by atoms with Crippen molar-refractivity contribution in [2.24, 2.45) is 0 Å². The zero-order chi connectivity index (χ0) is 22.6. The second kappa shape index (κ2) is 9.00. The minimum atomic E-state index is -1.31. The molecule has 0 spiro atoms. The van der Waals surface area contributed by atoms with E-state index >= 15 is 0 Å². The van der Waals surface area contributed by atoms with Crippen molar-refractivity contribution in [3.05, 3.63) is 56.9 Å². The average molecular weight is 416 g/mol. The van der Waals surface area contributed by atoms with Gasteiger partial charge in [0.15, 0.2) is 0 Å². The molecule has 0 aliphatic carbocycles. The third kappa shape index (κ3) is 4.98. The number of aromatic nitrogens is 1. The molecule has 160 valence electrons. The van der Waals surface area contributed by atoms with E-state index in [4.69, 9.17) is 9.84 Å². The van der Waals surface area contributed by atoms with Gasteiger partial charge in [-0.2, -0.15) is 0 Å². The zero-order valence-corrected chi connectivity index (χ0v) is 17.3. The van der Waals surface area contributed by atoms with Crippen molar-refractivity contribution in [3.63, 3.8) is 0 Å². The smallest absolute Gasteiger partial charge is 0.341 e.